The van der Waals surface area contributed by atoms with Crippen LogP contribution < -0.4 is 4.74 Å². The van der Waals surface area contributed by atoms with Gasteiger partial charge in [-0.25, -0.2) is 13.6 Å². The molecule has 0 aliphatic heterocycles. The van der Waals surface area contributed by atoms with Gasteiger partial charge in [-0.2, -0.15) is 0 Å². The van der Waals surface area contributed by atoms with Crippen LogP contribution in [0.5, 0.6) is 5.75 Å². The minimum absolute atomic E-state index is 0.190. The maximum Gasteiger partial charge on any atom is 0.341 e. The van der Waals surface area contributed by atoms with E-state index in [9.17, 15) is 13.6 Å². The van der Waals surface area contributed by atoms with Crippen LogP contribution in [0.2, 0.25) is 0 Å². The van der Waals surface area contributed by atoms with Crippen LogP contribution in [-0.2, 0) is 0 Å². The summed E-state index contributed by atoms with van der Waals surface area (Å²) in [6.45, 7) is 0.349. The van der Waals surface area contributed by atoms with Gasteiger partial charge in [0.15, 0.2) is 11.6 Å². The van der Waals surface area contributed by atoms with E-state index >= 15 is 0 Å². The van der Waals surface area contributed by atoms with Crippen LogP contribution in [0.1, 0.15) is 42.5 Å². The zero-order valence-corrected chi connectivity index (χ0v) is 10.5. The van der Waals surface area contributed by atoms with Crippen LogP contribution in [0.3, 0.4) is 0 Å². The topological polar surface area (TPSA) is 46.5 Å². The van der Waals surface area contributed by atoms with E-state index in [2.05, 4.69) is 0 Å². The zero-order valence-electron chi connectivity index (χ0n) is 10.5. The molecule has 0 radical (unpaired) electrons. The number of benzene rings is 1. The molecule has 0 aromatic heterocycles. The third kappa shape index (κ3) is 3.22. The minimum Gasteiger partial charge on any atom is -0.490 e. The van der Waals surface area contributed by atoms with Crippen LogP contribution in [0.4, 0.5) is 8.78 Å². The van der Waals surface area contributed by atoms with E-state index in [0.29, 0.717) is 12.5 Å². The van der Waals surface area contributed by atoms with Gasteiger partial charge < -0.3 is 9.84 Å². The van der Waals surface area contributed by atoms with Gasteiger partial charge >= 0.3 is 5.97 Å². The fourth-order valence-electron chi connectivity index (χ4n) is 2.40. The summed E-state index contributed by atoms with van der Waals surface area (Å²) < 4.78 is 32.3. The molecule has 1 aliphatic rings. The maximum absolute atomic E-state index is 13.8. The molecule has 1 aliphatic carbocycles. The fourth-order valence-corrected chi connectivity index (χ4v) is 2.40. The first-order valence-corrected chi connectivity index (χ1v) is 6.43. The molecule has 3 nitrogen and oxygen atoms in total. The normalized spacial score (nSPS) is 16.3. The average molecular weight is 270 g/mol. The van der Waals surface area contributed by atoms with Crippen molar-refractivity contribution in [1.29, 1.82) is 0 Å². The summed E-state index contributed by atoms with van der Waals surface area (Å²) >= 11 is 0. The Morgan fingerprint density at radius 3 is 2.58 bits per heavy atom. The summed E-state index contributed by atoms with van der Waals surface area (Å²) in [7, 11) is 0. The Morgan fingerprint density at radius 2 is 1.95 bits per heavy atom. The zero-order chi connectivity index (χ0) is 13.8. The van der Waals surface area contributed by atoms with Gasteiger partial charge in [0.1, 0.15) is 11.4 Å². The minimum atomic E-state index is -1.63. The first kappa shape index (κ1) is 13.8. The fraction of sp³-hybridized carbons (Fsp3) is 0.500. The van der Waals surface area contributed by atoms with E-state index in [4.69, 9.17) is 9.84 Å². The summed E-state index contributed by atoms with van der Waals surface area (Å²) in [5.74, 6) is -3.67. The summed E-state index contributed by atoms with van der Waals surface area (Å²) in [6, 6.07) is 2.06. The molecule has 0 atom stereocenters. The van der Waals surface area contributed by atoms with Crippen LogP contribution in [0, 0.1) is 17.6 Å². The second-order valence-electron chi connectivity index (χ2n) is 4.85. The van der Waals surface area contributed by atoms with Crippen molar-refractivity contribution in [3.05, 3.63) is 29.3 Å². The molecule has 0 spiro atoms. The van der Waals surface area contributed by atoms with Gasteiger partial charge in [-0.3, -0.25) is 0 Å². The first-order chi connectivity index (χ1) is 9.09. The molecular weight excluding hydrogens is 254 g/mol. The molecular formula is C14H16F2O3. The van der Waals surface area contributed by atoms with E-state index in [1.54, 1.807) is 0 Å². The molecule has 1 aromatic carbocycles. The molecule has 5 heteroatoms. The molecule has 1 saturated carbocycles. The van der Waals surface area contributed by atoms with Gasteiger partial charge in [-0.15, -0.1) is 0 Å². The maximum atomic E-state index is 13.8. The van der Waals surface area contributed by atoms with Crippen molar-refractivity contribution in [2.75, 3.05) is 6.61 Å². The van der Waals surface area contributed by atoms with E-state index in [-0.39, 0.29) is 5.75 Å². The molecule has 19 heavy (non-hydrogen) atoms. The average Bonchev–Trinajstić information content (AvgIpc) is 2.38. The number of halogens is 2. The van der Waals surface area contributed by atoms with Gasteiger partial charge in [0.25, 0.3) is 0 Å². The predicted octanol–water partition coefficient (Wildman–Crippen LogP) is 3.62. The highest BCUT2D eigenvalue weighted by Gasteiger charge is 2.21. The quantitative estimate of drug-likeness (QED) is 0.908. The molecule has 0 saturated heterocycles. The number of carbonyl (C=O) groups is 1. The second kappa shape index (κ2) is 5.99. The van der Waals surface area contributed by atoms with E-state index in [1.165, 1.54) is 6.42 Å². The highest BCUT2D eigenvalue weighted by atomic mass is 19.1. The Hall–Kier alpha value is -1.65. The number of ether oxygens (including phenoxy) is 1. The monoisotopic (exact) mass is 270 g/mol. The number of hydrogen-bond donors (Lipinski definition) is 1. The van der Waals surface area contributed by atoms with Crippen LogP contribution in [0.25, 0.3) is 0 Å². The van der Waals surface area contributed by atoms with Gasteiger partial charge in [0.05, 0.1) is 6.61 Å². The Labute approximate surface area is 110 Å². The number of carboxylic acid groups (broad SMARTS) is 1. The largest absolute Gasteiger partial charge is 0.490 e. The number of aromatic carboxylic acids is 1. The van der Waals surface area contributed by atoms with Crippen molar-refractivity contribution in [3.8, 4) is 5.75 Å². The molecule has 0 unspecified atom stereocenters. The lowest BCUT2D eigenvalue weighted by atomic mass is 9.90. The van der Waals surface area contributed by atoms with Gasteiger partial charge in [-0.1, -0.05) is 19.3 Å². The van der Waals surface area contributed by atoms with E-state index in [1.807, 2.05) is 0 Å². The number of rotatable bonds is 4. The van der Waals surface area contributed by atoms with Gasteiger partial charge in [-0.05, 0) is 30.9 Å². The first-order valence-electron chi connectivity index (χ1n) is 6.43. The van der Waals surface area contributed by atoms with Gasteiger partial charge in [0.2, 0.25) is 0 Å². The molecule has 1 N–H and O–H groups in total. The standard InChI is InChI=1S/C14H16F2O3/c15-10-6-7-11(13(16)12(10)14(17)18)19-8-9-4-2-1-3-5-9/h6-7,9H,1-5,8H2,(H,17,18). The molecule has 104 valence electrons. The van der Waals surface area contributed by atoms with E-state index in [0.717, 1.165) is 37.8 Å². The highest BCUT2D eigenvalue weighted by Crippen LogP contribution is 2.27. The van der Waals surface area contributed by atoms with Crippen molar-refractivity contribution >= 4 is 5.97 Å². The Bertz CT molecular complexity index is 468. The Morgan fingerprint density at radius 1 is 1.26 bits per heavy atom. The van der Waals surface area contributed by atoms with Crippen LogP contribution in [-0.4, -0.2) is 17.7 Å². The SMILES string of the molecule is O=C(O)c1c(F)ccc(OCC2CCCCC2)c1F. The molecule has 0 amide bonds. The third-order valence-corrected chi connectivity index (χ3v) is 3.47. The van der Waals surface area contributed by atoms with Crippen molar-refractivity contribution in [2.45, 2.75) is 32.1 Å². The molecule has 1 aromatic rings. The summed E-state index contributed by atoms with van der Waals surface area (Å²) in [5, 5.41) is 8.75. The summed E-state index contributed by atoms with van der Waals surface area (Å²) in [5.41, 5.74) is -0.957. The number of carboxylic acids is 1. The Kier molecular flexibility index (Phi) is 4.35. The lowest BCUT2D eigenvalue weighted by molar-refractivity contribution is 0.0684. The smallest absolute Gasteiger partial charge is 0.341 e. The second-order valence-corrected chi connectivity index (χ2v) is 4.85. The number of hydrogen-bond acceptors (Lipinski definition) is 2. The molecule has 2 rings (SSSR count). The van der Waals surface area contributed by atoms with E-state index < -0.39 is 23.2 Å². The lowest BCUT2D eigenvalue weighted by Gasteiger charge is -2.21. The van der Waals surface area contributed by atoms with Gasteiger partial charge in [0, 0.05) is 0 Å². The molecule has 0 bridgehead atoms. The highest BCUT2D eigenvalue weighted by molar-refractivity contribution is 5.88. The predicted molar refractivity (Wildman–Crippen MR) is 65.4 cm³/mol. The third-order valence-electron chi connectivity index (χ3n) is 3.47. The molecule has 1 fully saturated rings. The molecule has 0 heterocycles. The summed E-state index contributed by atoms with van der Waals surface area (Å²) in [6.07, 6.45) is 5.56. The summed E-state index contributed by atoms with van der Waals surface area (Å²) in [4.78, 5) is 10.8. The van der Waals surface area contributed by atoms with Crippen LogP contribution in [0.15, 0.2) is 12.1 Å². The van der Waals surface area contributed by atoms with Crippen molar-refractivity contribution in [3.63, 3.8) is 0 Å². The van der Waals surface area contributed by atoms with Crippen molar-refractivity contribution < 1.29 is 23.4 Å². The lowest BCUT2D eigenvalue weighted by Crippen LogP contribution is -2.16. The van der Waals surface area contributed by atoms with Crippen molar-refractivity contribution in [1.82, 2.24) is 0 Å². The Balaban J connectivity index is 2.08. The van der Waals surface area contributed by atoms with Crippen molar-refractivity contribution in [2.24, 2.45) is 5.92 Å². The van der Waals surface area contributed by atoms with Crippen LogP contribution >= 0.6 is 0 Å².